The second-order valence-corrected chi connectivity index (χ2v) is 7.58. The molecule has 3 atom stereocenters. The average molecular weight is 359 g/mol. The molecule has 0 saturated heterocycles. The number of carbonyl (C=O) groups excluding carboxylic acids is 2. The summed E-state index contributed by atoms with van der Waals surface area (Å²) in [4.78, 5) is 24.3. The van der Waals surface area contributed by atoms with Crippen LogP contribution in [0.15, 0.2) is 18.2 Å². The highest BCUT2D eigenvalue weighted by molar-refractivity contribution is 5.83. The molecular formula is C21H29NO4. The fourth-order valence-electron chi connectivity index (χ4n) is 3.90. The minimum Gasteiger partial charge on any atom is -0.482 e. The lowest BCUT2D eigenvalue weighted by Gasteiger charge is -2.30. The van der Waals surface area contributed by atoms with E-state index in [2.05, 4.69) is 18.3 Å². The second-order valence-electron chi connectivity index (χ2n) is 7.58. The third-order valence-electron chi connectivity index (χ3n) is 5.54. The Kier molecular flexibility index (Phi) is 6.17. The molecule has 26 heavy (non-hydrogen) atoms. The third-order valence-corrected chi connectivity index (χ3v) is 5.54. The van der Waals surface area contributed by atoms with Gasteiger partial charge >= 0.3 is 5.97 Å². The van der Waals surface area contributed by atoms with Gasteiger partial charge in [0, 0.05) is 6.04 Å². The van der Waals surface area contributed by atoms with Crippen molar-refractivity contribution in [2.45, 2.75) is 70.9 Å². The van der Waals surface area contributed by atoms with E-state index in [4.69, 9.17) is 9.47 Å². The van der Waals surface area contributed by atoms with Crippen LogP contribution in [0, 0.1) is 5.92 Å². The minimum absolute atomic E-state index is 0.181. The first-order valence-electron chi connectivity index (χ1n) is 9.77. The summed E-state index contributed by atoms with van der Waals surface area (Å²) in [5.74, 6) is 0.397. The molecule has 1 N–H and O–H groups in total. The first-order chi connectivity index (χ1) is 12.5. The highest BCUT2D eigenvalue weighted by Crippen LogP contribution is 2.26. The third kappa shape index (κ3) is 4.77. The lowest BCUT2D eigenvalue weighted by molar-refractivity contribution is -0.157. The Bertz CT molecular complexity index is 657. The molecule has 2 aliphatic carbocycles. The summed E-state index contributed by atoms with van der Waals surface area (Å²) in [5.41, 5.74) is 2.66. The maximum absolute atomic E-state index is 12.3. The quantitative estimate of drug-likeness (QED) is 0.793. The van der Waals surface area contributed by atoms with Crippen LogP contribution in [-0.2, 0) is 27.2 Å². The molecule has 1 fully saturated rings. The zero-order valence-corrected chi connectivity index (χ0v) is 15.8. The van der Waals surface area contributed by atoms with Crippen LogP contribution >= 0.6 is 0 Å². The predicted molar refractivity (Wildman–Crippen MR) is 99.1 cm³/mol. The lowest BCUT2D eigenvalue weighted by Crippen LogP contribution is -2.46. The van der Waals surface area contributed by atoms with Gasteiger partial charge in [0.05, 0.1) is 0 Å². The van der Waals surface area contributed by atoms with Gasteiger partial charge in [0.1, 0.15) is 5.75 Å². The summed E-state index contributed by atoms with van der Waals surface area (Å²) in [7, 11) is 0. The normalized spacial score (nSPS) is 23.0. The molecule has 1 saturated carbocycles. The molecule has 0 aliphatic heterocycles. The van der Waals surface area contributed by atoms with Gasteiger partial charge in [-0.15, -0.1) is 0 Å². The number of esters is 1. The van der Waals surface area contributed by atoms with Crippen molar-refractivity contribution in [3.05, 3.63) is 29.3 Å². The van der Waals surface area contributed by atoms with Gasteiger partial charge in [-0.1, -0.05) is 25.8 Å². The number of aryl methyl sites for hydroxylation is 2. The number of carbonyl (C=O) groups is 2. The Balaban J connectivity index is 1.42. The fourth-order valence-corrected chi connectivity index (χ4v) is 3.90. The van der Waals surface area contributed by atoms with Gasteiger partial charge in [-0.25, -0.2) is 4.79 Å². The summed E-state index contributed by atoms with van der Waals surface area (Å²) in [6, 6.07) is 6.12. The van der Waals surface area contributed by atoms with Crippen LogP contribution in [0.25, 0.3) is 0 Å². The number of benzene rings is 1. The SMILES string of the molecule is C[C@@H]1CCCC[C@H]1NC(=O)[C@@H](C)OC(=O)COc1ccc2c(c1)CCC2. The molecule has 5 heteroatoms. The van der Waals surface area contributed by atoms with Crippen molar-refractivity contribution in [3.63, 3.8) is 0 Å². The van der Waals surface area contributed by atoms with Crippen LogP contribution < -0.4 is 10.1 Å². The number of hydrogen-bond acceptors (Lipinski definition) is 4. The van der Waals surface area contributed by atoms with Crippen molar-refractivity contribution in [1.82, 2.24) is 5.32 Å². The smallest absolute Gasteiger partial charge is 0.344 e. The first-order valence-corrected chi connectivity index (χ1v) is 9.77. The van der Waals surface area contributed by atoms with E-state index in [1.54, 1.807) is 6.92 Å². The molecule has 2 aliphatic rings. The largest absolute Gasteiger partial charge is 0.482 e. The van der Waals surface area contributed by atoms with Gasteiger partial charge < -0.3 is 14.8 Å². The lowest BCUT2D eigenvalue weighted by atomic mass is 9.86. The van der Waals surface area contributed by atoms with Crippen LogP contribution in [0.2, 0.25) is 0 Å². The molecule has 0 spiro atoms. The number of ether oxygens (including phenoxy) is 2. The number of hydrogen-bond donors (Lipinski definition) is 1. The Hall–Kier alpha value is -2.04. The van der Waals surface area contributed by atoms with Crippen molar-refractivity contribution in [3.8, 4) is 5.75 Å². The summed E-state index contributed by atoms with van der Waals surface area (Å²) in [5, 5.41) is 3.02. The van der Waals surface area contributed by atoms with Gasteiger partial charge in [-0.2, -0.15) is 0 Å². The molecular weight excluding hydrogens is 330 g/mol. The van der Waals surface area contributed by atoms with Crippen LogP contribution in [-0.4, -0.2) is 30.6 Å². The molecule has 0 aromatic heterocycles. The molecule has 0 radical (unpaired) electrons. The van der Waals surface area contributed by atoms with Gasteiger partial charge in [0.2, 0.25) is 0 Å². The Morgan fingerprint density at radius 2 is 1.92 bits per heavy atom. The fraction of sp³-hybridized carbons (Fsp3) is 0.619. The van der Waals surface area contributed by atoms with Gasteiger partial charge in [0.15, 0.2) is 12.7 Å². The van der Waals surface area contributed by atoms with Gasteiger partial charge in [-0.3, -0.25) is 4.79 Å². The molecule has 0 bridgehead atoms. The van der Waals surface area contributed by atoms with Gasteiger partial charge in [0.25, 0.3) is 5.91 Å². The van der Waals surface area contributed by atoms with Crippen LogP contribution in [0.1, 0.15) is 57.1 Å². The van der Waals surface area contributed by atoms with E-state index in [-0.39, 0.29) is 18.6 Å². The monoisotopic (exact) mass is 359 g/mol. The highest BCUT2D eigenvalue weighted by Gasteiger charge is 2.26. The molecule has 1 aromatic carbocycles. The molecule has 3 rings (SSSR count). The predicted octanol–water partition coefficient (Wildman–Crippen LogP) is 3.18. The number of amides is 1. The van der Waals surface area contributed by atoms with Crippen molar-refractivity contribution < 1.29 is 19.1 Å². The molecule has 0 unspecified atom stereocenters. The maximum atomic E-state index is 12.3. The molecule has 142 valence electrons. The number of fused-ring (bicyclic) bond motifs is 1. The van der Waals surface area contributed by atoms with E-state index in [0.29, 0.717) is 11.7 Å². The molecule has 5 nitrogen and oxygen atoms in total. The highest BCUT2D eigenvalue weighted by atomic mass is 16.6. The standard InChI is InChI=1S/C21H29NO4/c1-14-6-3-4-9-19(14)22-21(24)15(2)26-20(23)13-25-18-11-10-16-7-5-8-17(16)12-18/h10-12,14-15,19H,3-9,13H2,1-2H3,(H,22,24)/t14-,15-,19-/m1/s1. The summed E-state index contributed by atoms with van der Waals surface area (Å²) >= 11 is 0. The van der Waals surface area contributed by atoms with E-state index < -0.39 is 12.1 Å². The number of nitrogens with one attached hydrogen (secondary N) is 1. The minimum atomic E-state index is -0.805. The van der Waals surface area contributed by atoms with Gasteiger partial charge in [-0.05, 0) is 68.2 Å². The Labute approximate surface area is 155 Å². The zero-order valence-electron chi connectivity index (χ0n) is 15.8. The van der Waals surface area contributed by atoms with Crippen LogP contribution in [0.5, 0.6) is 5.75 Å². The Morgan fingerprint density at radius 1 is 1.15 bits per heavy atom. The van der Waals surface area contributed by atoms with E-state index in [1.165, 1.54) is 24.0 Å². The van der Waals surface area contributed by atoms with Crippen LogP contribution in [0.3, 0.4) is 0 Å². The van der Waals surface area contributed by atoms with E-state index >= 15 is 0 Å². The second kappa shape index (κ2) is 8.56. The molecule has 0 heterocycles. The number of rotatable bonds is 6. The van der Waals surface area contributed by atoms with E-state index in [0.717, 1.165) is 32.1 Å². The molecule has 1 amide bonds. The Morgan fingerprint density at radius 3 is 2.73 bits per heavy atom. The van der Waals surface area contributed by atoms with Crippen LogP contribution in [0.4, 0.5) is 0 Å². The van der Waals surface area contributed by atoms with E-state index in [9.17, 15) is 9.59 Å². The summed E-state index contributed by atoms with van der Waals surface area (Å²) in [6.45, 7) is 3.58. The van der Waals surface area contributed by atoms with Crippen molar-refractivity contribution in [1.29, 1.82) is 0 Å². The average Bonchev–Trinajstić information content (AvgIpc) is 3.09. The first kappa shape index (κ1) is 18.7. The summed E-state index contributed by atoms with van der Waals surface area (Å²) < 4.78 is 10.8. The zero-order chi connectivity index (χ0) is 18.5. The van der Waals surface area contributed by atoms with Crippen molar-refractivity contribution in [2.24, 2.45) is 5.92 Å². The van der Waals surface area contributed by atoms with E-state index in [1.807, 2.05) is 12.1 Å². The maximum Gasteiger partial charge on any atom is 0.344 e. The van der Waals surface area contributed by atoms with Crippen molar-refractivity contribution >= 4 is 11.9 Å². The summed E-state index contributed by atoms with van der Waals surface area (Å²) in [6.07, 6.45) is 7.03. The van der Waals surface area contributed by atoms with Crippen molar-refractivity contribution in [2.75, 3.05) is 6.61 Å². The molecule has 1 aromatic rings. The topological polar surface area (TPSA) is 64.6 Å².